The summed E-state index contributed by atoms with van der Waals surface area (Å²) in [6.07, 6.45) is 2.69. The number of carbonyl (C=O) groups excluding carboxylic acids is 6. The van der Waals surface area contributed by atoms with Crippen molar-refractivity contribution in [3.8, 4) is 22.8 Å². The van der Waals surface area contributed by atoms with Crippen molar-refractivity contribution in [1.82, 2.24) is 30.8 Å². The standard InChI is InChI=1S/C54H76F2N8O14S/c1-34(2)46(49(68)63-79(9,71)33-35-27-37-30-38(28-35)75-19-10-11-20-76-43-29-36(55)14-15-39(43)47-40(56)32-58-51(59-37)62-47)61-48(67)42-13-12-18-64(42)50(69)41(31-45(66)77-53(3,4)5)60-44(65)16-21-72-23-25-74-26-24-73-22-17-57-52(70)78-54(6,7)8/h14-15,27-30,32,34,41-42,46H,10-13,16-26,31,33H2,1-9H3,(H,57,70)(H,60,65)(H,61,67)(H,58,59,62)/t41-,42-,46-,79?/m0/s1. The van der Waals surface area contributed by atoms with Gasteiger partial charge in [0.25, 0.3) is 5.91 Å². The molecule has 5 rings (SSSR count). The topological polar surface area (TPSA) is 274 Å². The van der Waals surface area contributed by atoms with Gasteiger partial charge in [0.2, 0.25) is 23.7 Å². The van der Waals surface area contributed by atoms with Crippen LogP contribution in [0.1, 0.15) is 99.5 Å². The second-order valence-corrected chi connectivity index (χ2v) is 23.7. The third kappa shape index (κ3) is 21.9. The van der Waals surface area contributed by atoms with E-state index in [9.17, 15) is 37.4 Å². The van der Waals surface area contributed by atoms with Gasteiger partial charge in [-0.05, 0) is 103 Å². The van der Waals surface area contributed by atoms with Crippen LogP contribution in [-0.4, -0.2) is 156 Å². The predicted molar refractivity (Wildman–Crippen MR) is 288 cm³/mol. The Labute approximate surface area is 460 Å². The van der Waals surface area contributed by atoms with Crippen LogP contribution >= 0.6 is 0 Å². The number of amides is 5. The highest BCUT2D eigenvalue weighted by atomic mass is 32.2. The van der Waals surface area contributed by atoms with E-state index in [1.54, 1.807) is 73.6 Å². The van der Waals surface area contributed by atoms with Crippen molar-refractivity contribution in [2.45, 2.75) is 129 Å². The van der Waals surface area contributed by atoms with Crippen LogP contribution in [0.2, 0.25) is 0 Å². The van der Waals surface area contributed by atoms with Gasteiger partial charge in [-0.3, -0.25) is 24.0 Å². The summed E-state index contributed by atoms with van der Waals surface area (Å²) in [5, 5.41) is 11.0. The van der Waals surface area contributed by atoms with Crippen LogP contribution in [0.5, 0.6) is 11.5 Å². The molecule has 436 valence electrons. The maximum Gasteiger partial charge on any atom is 0.407 e. The third-order valence-corrected chi connectivity index (χ3v) is 13.0. The first kappa shape index (κ1) is 63.3. The molecule has 4 N–H and O–H groups in total. The zero-order valence-electron chi connectivity index (χ0n) is 46.5. The summed E-state index contributed by atoms with van der Waals surface area (Å²) in [5.41, 5.74) is -0.590. The second-order valence-electron chi connectivity index (χ2n) is 21.3. The lowest BCUT2D eigenvalue weighted by atomic mass is 10.0. The number of fused-ring (bicyclic) bond motifs is 6. The average molecular weight is 1130 g/mol. The van der Waals surface area contributed by atoms with Crippen LogP contribution in [0.3, 0.4) is 0 Å². The molecule has 4 atom stereocenters. The number of esters is 1. The summed E-state index contributed by atoms with van der Waals surface area (Å²) < 4.78 is 86.8. The van der Waals surface area contributed by atoms with Gasteiger partial charge < -0.3 is 59.3 Å². The molecular formula is C54H76F2N8O14S. The lowest BCUT2D eigenvalue weighted by molar-refractivity contribution is -0.157. The van der Waals surface area contributed by atoms with Crippen molar-refractivity contribution in [1.29, 1.82) is 0 Å². The zero-order valence-corrected chi connectivity index (χ0v) is 47.4. The van der Waals surface area contributed by atoms with Crippen molar-refractivity contribution in [3.63, 3.8) is 0 Å². The lowest BCUT2D eigenvalue weighted by Gasteiger charge is -2.30. The normalized spacial score (nSPS) is 16.2. The molecule has 3 aromatic rings. The van der Waals surface area contributed by atoms with Crippen molar-refractivity contribution in [3.05, 3.63) is 59.8 Å². The number of aromatic nitrogens is 2. The van der Waals surface area contributed by atoms with Gasteiger partial charge >= 0.3 is 12.1 Å². The highest BCUT2D eigenvalue weighted by Crippen LogP contribution is 2.33. The smallest absolute Gasteiger partial charge is 0.407 e. The summed E-state index contributed by atoms with van der Waals surface area (Å²) in [7, 11) is -3.36. The zero-order chi connectivity index (χ0) is 57.9. The lowest BCUT2D eigenvalue weighted by Crippen LogP contribution is -2.56. The number of nitrogens with one attached hydrogen (secondary N) is 4. The Morgan fingerprint density at radius 3 is 2.22 bits per heavy atom. The summed E-state index contributed by atoms with van der Waals surface area (Å²) in [5.74, 6) is -5.26. The number of ether oxygens (including phenoxy) is 7. The molecule has 4 bridgehead atoms. The first-order valence-electron chi connectivity index (χ1n) is 26.3. The molecule has 1 aromatic heterocycles. The summed E-state index contributed by atoms with van der Waals surface area (Å²) in [6, 6.07) is 4.88. The molecule has 0 aliphatic carbocycles. The second kappa shape index (κ2) is 29.6. The minimum atomic E-state index is -3.36. The van der Waals surface area contributed by atoms with Gasteiger partial charge in [0.15, 0.2) is 5.82 Å². The maximum absolute atomic E-state index is 15.2. The minimum absolute atomic E-state index is 0.0209. The number of hydrogen-bond donors (Lipinski definition) is 4. The van der Waals surface area contributed by atoms with Gasteiger partial charge in [0.05, 0.1) is 81.0 Å². The highest BCUT2D eigenvalue weighted by Gasteiger charge is 2.40. The molecule has 2 aliphatic rings. The van der Waals surface area contributed by atoms with E-state index in [0.29, 0.717) is 36.3 Å². The molecule has 3 heterocycles. The number of carbonyl (C=O) groups is 6. The third-order valence-electron chi connectivity index (χ3n) is 11.6. The Hall–Kier alpha value is -6.57. The van der Waals surface area contributed by atoms with Crippen molar-refractivity contribution >= 4 is 57.1 Å². The molecule has 2 aliphatic heterocycles. The molecule has 5 amide bonds. The maximum atomic E-state index is 15.2. The summed E-state index contributed by atoms with van der Waals surface area (Å²) in [4.78, 5) is 90.0. The minimum Gasteiger partial charge on any atom is -0.494 e. The fourth-order valence-electron chi connectivity index (χ4n) is 8.15. The van der Waals surface area contributed by atoms with Gasteiger partial charge in [0, 0.05) is 49.1 Å². The number of benzene rings is 2. The summed E-state index contributed by atoms with van der Waals surface area (Å²) in [6.45, 7) is 15.6. The van der Waals surface area contributed by atoms with Crippen molar-refractivity contribution < 1.29 is 74.9 Å². The van der Waals surface area contributed by atoms with Crippen LogP contribution in [0.25, 0.3) is 11.3 Å². The molecule has 0 spiro atoms. The van der Waals surface area contributed by atoms with Crippen LogP contribution in [0.4, 0.5) is 25.2 Å². The molecule has 1 unspecified atom stereocenters. The monoisotopic (exact) mass is 1130 g/mol. The number of nitrogens with zero attached hydrogens (tertiary/aromatic N) is 4. The van der Waals surface area contributed by atoms with Gasteiger partial charge in [0.1, 0.15) is 52.3 Å². The Kier molecular flexibility index (Phi) is 23.7. The molecule has 22 nitrogen and oxygen atoms in total. The number of rotatable bonds is 22. The first-order valence-corrected chi connectivity index (χ1v) is 28.4. The highest BCUT2D eigenvalue weighted by molar-refractivity contribution is 7.92. The van der Waals surface area contributed by atoms with E-state index < -0.39 is 98.7 Å². The fourth-order valence-corrected chi connectivity index (χ4v) is 9.49. The van der Waals surface area contributed by atoms with E-state index in [2.05, 4.69) is 35.6 Å². The molecule has 0 radical (unpaired) electrons. The molecule has 1 saturated heterocycles. The average Bonchev–Trinajstić information content (AvgIpc) is 3.85. The quantitative estimate of drug-likeness (QED) is 0.0648. The number of alkyl carbamates (subject to hydrolysis) is 1. The molecule has 2 aromatic carbocycles. The molecular weight excluding hydrogens is 1050 g/mol. The van der Waals surface area contributed by atoms with E-state index >= 15 is 4.39 Å². The van der Waals surface area contributed by atoms with Crippen LogP contribution < -0.4 is 30.7 Å². The SMILES string of the molecule is CC(C)[C@H](NC(=O)[C@@H]1CCCN1C(=O)[C@H](CC(=O)OC(C)(C)C)NC(=O)CCOCCOCCOCCNC(=O)OC(C)(C)C)C(=O)N=S(C)(=O)Cc1cc2cc(c1)OCCCCOc1cc(F)ccc1-c1nc(ncc1F)N2. The van der Waals surface area contributed by atoms with E-state index in [-0.39, 0.29) is 107 Å². The number of anilines is 2. The molecule has 25 heteroatoms. The van der Waals surface area contributed by atoms with Crippen LogP contribution in [0.15, 0.2) is 47.0 Å². The predicted octanol–water partition coefficient (Wildman–Crippen LogP) is 6.15. The van der Waals surface area contributed by atoms with E-state index in [1.165, 1.54) is 23.3 Å². The molecule has 79 heavy (non-hydrogen) atoms. The largest absolute Gasteiger partial charge is 0.494 e. The fraction of sp³-hybridized carbons (Fsp3) is 0.593. The van der Waals surface area contributed by atoms with Gasteiger partial charge in [-0.1, -0.05) is 13.8 Å². The number of halogens is 2. The van der Waals surface area contributed by atoms with Gasteiger partial charge in [-0.2, -0.15) is 4.36 Å². The van der Waals surface area contributed by atoms with E-state index in [0.717, 1.165) is 12.3 Å². The van der Waals surface area contributed by atoms with Crippen LogP contribution in [-0.2, 0) is 63.1 Å². The Bertz CT molecular complexity index is 2730. The van der Waals surface area contributed by atoms with Crippen molar-refractivity contribution in [2.75, 3.05) is 77.5 Å². The van der Waals surface area contributed by atoms with Crippen molar-refractivity contribution in [2.24, 2.45) is 10.3 Å². The van der Waals surface area contributed by atoms with Crippen LogP contribution in [0, 0.1) is 17.6 Å². The number of hydrogen-bond acceptors (Lipinski definition) is 17. The Morgan fingerprint density at radius 2 is 1.53 bits per heavy atom. The molecule has 0 saturated carbocycles. The van der Waals surface area contributed by atoms with Gasteiger partial charge in [-0.15, -0.1) is 0 Å². The number of likely N-dealkylation sites (tertiary alicyclic amines) is 1. The van der Waals surface area contributed by atoms with E-state index in [1.807, 2.05) is 0 Å². The van der Waals surface area contributed by atoms with E-state index in [4.69, 9.17) is 33.2 Å². The first-order chi connectivity index (χ1) is 37.3. The summed E-state index contributed by atoms with van der Waals surface area (Å²) >= 11 is 0. The van der Waals surface area contributed by atoms with Gasteiger partial charge in [-0.25, -0.2) is 27.8 Å². The Balaban J connectivity index is 1.19. The Morgan fingerprint density at radius 1 is 0.861 bits per heavy atom. The molecule has 1 fully saturated rings.